The lowest BCUT2D eigenvalue weighted by atomic mass is 10.2. The van der Waals surface area contributed by atoms with Gasteiger partial charge in [-0.1, -0.05) is 18.2 Å². The molecule has 1 amide bonds. The van der Waals surface area contributed by atoms with Gasteiger partial charge in [0.15, 0.2) is 17.3 Å². The number of nitrogens with one attached hydrogen (secondary N) is 1. The van der Waals surface area contributed by atoms with E-state index in [0.29, 0.717) is 30.4 Å². The average Bonchev–Trinajstić information content (AvgIpc) is 3.42. The van der Waals surface area contributed by atoms with Crippen LogP contribution in [0.15, 0.2) is 60.9 Å². The Morgan fingerprint density at radius 2 is 1.78 bits per heavy atom. The van der Waals surface area contributed by atoms with E-state index in [0.717, 1.165) is 28.5 Å². The van der Waals surface area contributed by atoms with Gasteiger partial charge in [-0.2, -0.15) is 0 Å². The average molecular weight is 429 g/mol. The van der Waals surface area contributed by atoms with Crippen LogP contribution in [0.2, 0.25) is 0 Å². The minimum Gasteiger partial charge on any atom is -0.486 e. The van der Waals surface area contributed by atoms with E-state index in [1.54, 1.807) is 11.0 Å². The second-order valence-electron chi connectivity index (χ2n) is 7.57. The summed E-state index contributed by atoms with van der Waals surface area (Å²) in [5.41, 5.74) is 4.25. The zero-order valence-electron chi connectivity index (χ0n) is 17.9. The lowest BCUT2D eigenvalue weighted by Crippen LogP contribution is -2.24. The molecule has 1 N–H and O–H groups in total. The van der Waals surface area contributed by atoms with Crippen LogP contribution in [-0.2, 0) is 6.54 Å². The molecule has 2 aromatic heterocycles. The number of para-hydroxylation sites is 1. The Balaban J connectivity index is 1.33. The monoisotopic (exact) mass is 429 g/mol. The van der Waals surface area contributed by atoms with Crippen molar-refractivity contribution in [3.63, 3.8) is 0 Å². The highest BCUT2D eigenvalue weighted by molar-refractivity contribution is 5.95. The Labute approximate surface area is 185 Å². The molecular formula is C24H23N5O3. The molecule has 0 fully saturated rings. The number of aromatic nitrogens is 4. The second kappa shape index (κ2) is 8.22. The highest BCUT2D eigenvalue weighted by Crippen LogP contribution is 2.33. The van der Waals surface area contributed by atoms with E-state index in [9.17, 15) is 4.79 Å². The number of rotatable bonds is 5. The normalized spacial score (nSPS) is 12.6. The van der Waals surface area contributed by atoms with Gasteiger partial charge in [-0.25, -0.2) is 9.67 Å². The van der Waals surface area contributed by atoms with E-state index in [1.807, 2.05) is 73.0 Å². The number of fused-ring (bicyclic) bond motifs is 1. The van der Waals surface area contributed by atoms with Gasteiger partial charge in [-0.3, -0.25) is 4.79 Å². The number of nitrogens with zero attached hydrogens (tertiary/aromatic N) is 4. The first-order chi connectivity index (χ1) is 15.6. The maximum absolute atomic E-state index is 12.9. The molecule has 1 aliphatic heterocycles. The topological polar surface area (TPSA) is 83.2 Å². The fourth-order valence-corrected chi connectivity index (χ4v) is 3.90. The van der Waals surface area contributed by atoms with E-state index in [-0.39, 0.29) is 12.5 Å². The van der Waals surface area contributed by atoms with Crippen molar-refractivity contribution in [2.45, 2.75) is 20.4 Å². The third-order valence-electron chi connectivity index (χ3n) is 5.43. The molecule has 8 heteroatoms. The van der Waals surface area contributed by atoms with Crippen molar-refractivity contribution >= 4 is 5.91 Å². The third-order valence-corrected chi connectivity index (χ3v) is 5.43. The number of amides is 1. The van der Waals surface area contributed by atoms with Gasteiger partial charge in [0, 0.05) is 23.1 Å². The van der Waals surface area contributed by atoms with Crippen LogP contribution in [0.1, 0.15) is 27.6 Å². The number of carbonyl (C=O) groups is 1. The molecule has 0 unspecified atom stereocenters. The molecule has 162 valence electrons. The quantitative estimate of drug-likeness (QED) is 0.526. The molecule has 0 saturated heterocycles. The van der Waals surface area contributed by atoms with E-state index >= 15 is 0 Å². The van der Waals surface area contributed by atoms with Crippen LogP contribution in [0, 0.1) is 13.8 Å². The smallest absolute Gasteiger partial charge is 0.253 e. The van der Waals surface area contributed by atoms with Gasteiger partial charge in [0.05, 0.1) is 17.8 Å². The fourth-order valence-electron chi connectivity index (χ4n) is 3.90. The molecule has 5 rings (SSSR count). The first-order valence-electron chi connectivity index (χ1n) is 10.4. The summed E-state index contributed by atoms with van der Waals surface area (Å²) in [5, 5.41) is 7.37. The van der Waals surface area contributed by atoms with Crippen molar-refractivity contribution in [2.75, 3.05) is 13.2 Å². The van der Waals surface area contributed by atoms with Crippen molar-refractivity contribution in [3.05, 3.63) is 83.7 Å². The lowest BCUT2D eigenvalue weighted by molar-refractivity contribution is 0.0949. The molecule has 0 atom stereocenters. The Morgan fingerprint density at radius 3 is 2.59 bits per heavy atom. The van der Waals surface area contributed by atoms with Gasteiger partial charge in [-0.05, 0) is 44.2 Å². The van der Waals surface area contributed by atoms with Crippen molar-refractivity contribution in [1.82, 2.24) is 24.6 Å². The summed E-state index contributed by atoms with van der Waals surface area (Å²) in [5.74, 6) is 1.83. The number of hydrogen-bond acceptors (Lipinski definition) is 5. The number of hydrogen-bond donors (Lipinski definition) is 1. The summed E-state index contributed by atoms with van der Waals surface area (Å²) in [6.07, 6.45) is 1.64. The highest BCUT2D eigenvalue weighted by Gasteiger charge is 2.19. The number of ether oxygens (including phenoxy) is 2. The van der Waals surface area contributed by atoms with Gasteiger partial charge < -0.3 is 19.4 Å². The number of carbonyl (C=O) groups excluding carboxylic acids is 1. The lowest BCUT2D eigenvalue weighted by Gasteiger charge is -2.20. The van der Waals surface area contributed by atoms with E-state index < -0.39 is 0 Å². The molecule has 0 bridgehead atoms. The van der Waals surface area contributed by atoms with Crippen molar-refractivity contribution in [1.29, 1.82) is 0 Å². The Morgan fingerprint density at radius 1 is 1.00 bits per heavy atom. The molecule has 0 spiro atoms. The van der Waals surface area contributed by atoms with Gasteiger partial charge in [0.2, 0.25) is 0 Å². The maximum atomic E-state index is 12.9. The largest absolute Gasteiger partial charge is 0.486 e. The van der Waals surface area contributed by atoms with E-state index in [2.05, 4.69) is 15.4 Å². The van der Waals surface area contributed by atoms with Gasteiger partial charge in [0.25, 0.3) is 5.91 Å². The van der Waals surface area contributed by atoms with E-state index in [4.69, 9.17) is 9.47 Å². The molecule has 1 aliphatic rings. The summed E-state index contributed by atoms with van der Waals surface area (Å²) in [4.78, 5) is 17.2. The summed E-state index contributed by atoms with van der Waals surface area (Å²) in [7, 11) is 0. The summed E-state index contributed by atoms with van der Waals surface area (Å²) >= 11 is 0. The van der Waals surface area contributed by atoms with Crippen molar-refractivity contribution in [3.8, 4) is 22.9 Å². The zero-order valence-corrected chi connectivity index (χ0v) is 17.9. The predicted molar refractivity (Wildman–Crippen MR) is 119 cm³/mol. The molecule has 4 aromatic rings. The number of aryl methyl sites for hydroxylation is 1. The number of benzene rings is 2. The first kappa shape index (κ1) is 19.9. The molecule has 2 aromatic carbocycles. The third kappa shape index (κ3) is 3.71. The molecular weight excluding hydrogens is 406 g/mol. The Bertz CT molecular complexity index is 1280. The summed E-state index contributed by atoms with van der Waals surface area (Å²) in [6.45, 7) is 5.23. The molecule has 0 radical (unpaired) electrons. The van der Waals surface area contributed by atoms with Crippen molar-refractivity contribution < 1.29 is 14.3 Å². The molecule has 0 saturated carbocycles. The molecule has 8 nitrogen and oxygen atoms in total. The van der Waals surface area contributed by atoms with Gasteiger partial charge in [0.1, 0.15) is 19.5 Å². The zero-order chi connectivity index (χ0) is 22.1. The fraction of sp³-hybridized carbons (Fsp3) is 0.208. The van der Waals surface area contributed by atoms with Crippen LogP contribution >= 0.6 is 0 Å². The van der Waals surface area contributed by atoms with Crippen LogP contribution in [0.4, 0.5) is 0 Å². The Kier molecular flexibility index (Phi) is 5.10. The van der Waals surface area contributed by atoms with Crippen LogP contribution in [0.25, 0.3) is 11.4 Å². The molecule has 32 heavy (non-hydrogen) atoms. The SMILES string of the molecule is Cc1cc(C(=O)NCc2ncn(-c3ccccc3)n2)c(C)n1-c1ccc2c(c1)OCCO2. The molecule has 3 heterocycles. The first-order valence-corrected chi connectivity index (χ1v) is 10.4. The van der Waals surface area contributed by atoms with Gasteiger partial charge in [-0.15, -0.1) is 5.10 Å². The van der Waals surface area contributed by atoms with Crippen LogP contribution in [-0.4, -0.2) is 38.5 Å². The van der Waals surface area contributed by atoms with Crippen LogP contribution < -0.4 is 14.8 Å². The van der Waals surface area contributed by atoms with Crippen LogP contribution in [0.3, 0.4) is 0 Å². The minimum absolute atomic E-state index is 0.169. The second-order valence-corrected chi connectivity index (χ2v) is 7.57. The maximum Gasteiger partial charge on any atom is 0.253 e. The molecule has 0 aliphatic carbocycles. The van der Waals surface area contributed by atoms with Crippen LogP contribution in [0.5, 0.6) is 11.5 Å². The van der Waals surface area contributed by atoms with Crippen molar-refractivity contribution in [2.24, 2.45) is 0 Å². The van der Waals surface area contributed by atoms with E-state index in [1.165, 1.54) is 0 Å². The highest BCUT2D eigenvalue weighted by atomic mass is 16.6. The summed E-state index contributed by atoms with van der Waals surface area (Å²) < 4.78 is 15.0. The summed E-state index contributed by atoms with van der Waals surface area (Å²) in [6, 6.07) is 17.4. The predicted octanol–water partition coefficient (Wildman–Crippen LogP) is 3.38. The Hall–Kier alpha value is -4.07. The minimum atomic E-state index is -0.169. The standard InChI is InChI=1S/C24H23N5O3/c1-16-12-20(17(2)29(16)19-8-9-21-22(13-19)32-11-10-31-21)24(30)25-14-23-26-15-28(27-23)18-6-4-3-5-7-18/h3-9,12-13,15H,10-11,14H2,1-2H3,(H,25,30). The van der Waals surface area contributed by atoms with Gasteiger partial charge >= 0.3 is 0 Å².